The van der Waals surface area contributed by atoms with Crippen LogP contribution >= 0.6 is 0 Å². The molecule has 0 fully saturated rings. The van der Waals surface area contributed by atoms with Crippen LogP contribution in [0.15, 0.2) is 48.5 Å². The van der Waals surface area contributed by atoms with Crippen LogP contribution in [0, 0.1) is 0 Å². The van der Waals surface area contributed by atoms with Crippen LogP contribution in [0.4, 0.5) is 0 Å². The van der Waals surface area contributed by atoms with Gasteiger partial charge in [0.05, 0.1) is 13.2 Å². The molecule has 0 aromatic heterocycles. The molecule has 0 aliphatic rings. The van der Waals surface area contributed by atoms with E-state index in [0.717, 1.165) is 72.9 Å². The summed E-state index contributed by atoms with van der Waals surface area (Å²) in [4.78, 5) is 25.9. The highest BCUT2D eigenvalue weighted by atomic mass is 16.6. The van der Waals surface area contributed by atoms with Crippen LogP contribution in [0.2, 0.25) is 0 Å². The molecular formula is C34H46O6. The summed E-state index contributed by atoms with van der Waals surface area (Å²) in [5.41, 5.74) is 0. The van der Waals surface area contributed by atoms with Crippen molar-refractivity contribution in [1.82, 2.24) is 0 Å². The van der Waals surface area contributed by atoms with Gasteiger partial charge in [-0.15, -0.1) is 0 Å². The minimum atomic E-state index is -0.707. The minimum Gasteiger partial charge on any atom is -0.477 e. The third kappa shape index (κ3) is 8.36. The second-order valence-electron chi connectivity index (χ2n) is 10.2. The van der Waals surface area contributed by atoms with Crippen LogP contribution in [-0.4, -0.2) is 37.4 Å². The van der Waals surface area contributed by atoms with Crippen molar-refractivity contribution in [3.63, 3.8) is 0 Å². The quantitative estimate of drug-likeness (QED) is 0.0897. The van der Waals surface area contributed by atoms with Crippen LogP contribution in [0.3, 0.4) is 0 Å². The van der Waals surface area contributed by atoms with Crippen LogP contribution in [0.5, 0.6) is 11.5 Å². The van der Waals surface area contributed by atoms with E-state index in [9.17, 15) is 9.59 Å². The van der Waals surface area contributed by atoms with E-state index in [4.69, 9.17) is 18.9 Å². The molecule has 6 heteroatoms. The Balaban J connectivity index is 2.06. The molecule has 0 N–H and O–H groups in total. The first kappa shape index (κ1) is 31.3. The van der Waals surface area contributed by atoms with Gasteiger partial charge in [-0.2, -0.15) is 0 Å². The van der Waals surface area contributed by atoms with E-state index in [1.807, 2.05) is 62.4 Å². The van der Waals surface area contributed by atoms with Crippen molar-refractivity contribution >= 4 is 33.5 Å². The topological polar surface area (TPSA) is 71.1 Å². The highest BCUT2D eigenvalue weighted by Crippen LogP contribution is 2.44. The maximum atomic E-state index is 13.0. The second kappa shape index (κ2) is 16.7. The number of rotatable bonds is 18. The summed E-state index contributed by atoms with van der Waals surface area (Å²) in [7, 11) is 0. The summed E-state index contributed by atoms with van der Waals surface area (Å²) >= 11 is 0. The maximum absolute atomic E-state index is 13.0. The number of hydrogen-bond acceptors (Lipinski definition) is 6. The first-order valence-electron chi connectivity index (χ1n) is 15.2. The van der Waals surface area contributed by atoms with E-state index < -0.39 is 12.2 Å². The molecule has 3 aromatic rings. The average molecular weight is 551 g/mol. The molecule has 0 spiro atoms. The molecule has 0 aliphatic heterocycles. The lowest BCUT2D eigenvalue weighted by Crippen LogP contribution is -2.30. The zero-order valence-corrected chi connectivity index (χ0v) is 24.7. The van der Waals surface area contributed by atoms with Crippen molar-refractivity contribution in [1.29, 1.82) is 0 Å². The Hall–Kier alpha value is -3.28. The van der Waals surface area contributed by atoms with Crippen molar-refractivity contribution in [2.75, 3.05) is 13.2 Å². The van der Waals surface area contributed by atoms with Gasteiger partial charge in [0, 0.05) is 21.5 Å². The lowest BCUT2D eigenvalue weighted by Gasteiger charge is -2.24. The highest BCUT2D eigenvalue weighted by molar-refractivity contribution is 6.11. The molecule has 0 radical (unpaired) electrons. The molecule has 3 rings (SSSR count). The van der Waals surface area contributed by atoms with Crippen molar-refractivity contribution in [3.8, 4) is 11.5 Å². The number of fused-ring (bicyclic) bond motifs is 2. The van der Waals surface area contributed by atoms with Gasteiger partial charge in [0.1, 0.15) is 11.5 Å². The summed E-state index contributed by atoms with van der Waals surface area (Å²) in [6.45, 7) is 8.55. The van der Waals surface area contributed by atoms with E-state index in [2.05, 4.69) is 13.8 Å². The number of hydrogen-bond donors (Lipinski definition) is 0. The van der Waals surface area contributed by atoms with Crippen molar-refractivity contribution in [2.24, 2.45) is 0 Å². The number of esters is 2. The summed E-state index contributed by atoms with van der Waals surface area (Å²) in [6.07, 6.45) is 8.07. The predicted octanol–water partition coefficient (Wildman–Crippen LogP) is 8.55. The molecule has 0 aliphatic carbocycles. The fourth-order valence-electron chi connectivity index (χ4n) is 5.02. The third-order valence-corrected chi connectivity index (χ3v) is 7.09. The summed E-state index contributed by atoms with van der Waals surface area (Å²) < 4.78 is 23.9. The van der Waals surface area contributed by atoms with Gasteiger partial charge in [0.25, 0.3) is 0 Å². The molecular weight excluding hydrogens is 504 g/mol. The standard InChI is InChI=1S/C34H46O6/c1-5-9-11-13-23-29(33(35)37-7-3)39-31-25-19-15-17-21-27(25)32(28-22-18-16-20-26(28)31)40-30(34(36)38-8-4)24-14-12-10-6-2/h15-22,29-30H,5-14,23-24H2,1-4H3. The van der Waals surface area contributed by atoms with E-state index in [0.29, 0.717) is 37.6 Å². The molecule has 0 heterocycles. The minimum absolute atomic E-state index is 0.301. The lowest BCUT2D eigenvalue weighted by molar-refractivity contribution is -0.152. The fourth-order valence-corrected chi connectivity index (χ4v) is 5.02. The molecule has 0 amide bonds. The largest absolute Gasteiger partial charge is 0.477 e. The third-order valence-electron chi connectivity index (χ3n) is 7.09. The van der Waals surface area contributed by atoms with Crippen LogP contribution in [0.1, 0.15) is 91.9 Å². The fraction of sp³-hybridized carbons (Fsp3) is 0.529. The lowest BCUT2D eigenvalue weighted by atomic mass is 10.00. The van der Waals surface area contributed by atoms with Crippen molar-refractivity contribution < 1.29 is 28.5 Å². The van der Waals surface area contributed by atoms with Crippen LogP contribution < -0.4 is 9.47 Å². The van der Waals surface area contributed by atoms with E-state index in [-0.39, 0.29) is 11.9 Å². The Labute approximate surface area is 239 Å². The van der Waals surface area contributed by atoms with Gasteiger partial charge >= 0.3 is 11.9 Å². The second-order valence-corrected chi connectivity index (χ2v) is 10.2. The van der Waals surface area contributed by atoms with E-state index in [1.165, 1.54) is 0 Å². The first-order chi connectivity index (χ1) is 19.5. The van der Waals surface area contributed by atoms with Crippen molar-refractivity contribution in [2.45, 2.75) is 104 Å². The Bertz CT molecular complexity index is 1070. The molecule has 0 saturated heterocycles. The number of carbonyl (C=O) groups excluding carboxylic acids is 2. The molecule has 2 unspecified atom stereocenters. The zero-order chi connectivity index (χ0) is 28.7. The molecule has 0 saturated carbocycles. The summed E-state index contributed by atoms with van der Waals surface area (Å²) in [5.74, 6) is 0.564. The Kier molecular flexibility index (Phi) is 13.1. The van der Waals surface area contributed by atoms with Gasteiger partial charge < -0.3 is 18.9 Å². The number of carbonyl (C=O) groups is 2. The predicted molar refractivity (Wildman–Crippen MR) is 161 cm³/mol. The molecule has 2 atom stereocenters. The van der Waals surface area contributed by atoms with Crippen LogP contribution in [-0.2, 0) is 19.1 Å². The molecule has 218 valence electrons. The van der Waals surface area contributed by atoms with E-state index >= 15 is 0 Å². The monoisotopic (exact) mass is 550 g/mol. The Morgan fingerprint density at radius 2 is 0.900 bits per heavy atom. The van der Waals surface area contributed by atoms with Gasteiger partial charge in [-0.3, -0.25) is 0 Å². The summed E-state index contributed by atoms with van der Waals surface area (Å²) in [6, 6.07) is 15.7. The highest BCUT2D eigenvalue weighted by Gasteiger charge is 2.27. The van der Waals surface area contributed by atoms with Gasteiger partial charge in [-0.05, 0) is 39.5 Å². The average Bonchev–Trinajstić information content (AvgIpc) is 2.97. The molecule has 0 bridgehead atoms. The normalized spacial score (nSPS) is 12.7. The van der Waals surface area contributed by atoms with Gasteiger partial charge in [-0.1, -0.05) is 101 Å². The molecule has 6 nitrogen and oxygen atoms in total. The van der Waals surface area contributed by atoms with Gasteiger partial charge in [0.2, 0.25) is 0 Å². The zero-order valence-electron chi connectivity index (χ0n) is 24.7. The first-order valence-corrected chi connectivity index (χ1v) is 15.2. The molecule has 3 aromatic carbocycles. The number of unbranched alkanes of at least 4 members (excludes halogenated alkanes) is 6. The summed E-state index contributed by atoms with van der Waals surface area (Å²) in [5, 5.41) is 3.31. The van der Waals surface area contributed by atoms with Gasteiger partial charge in [0.15, 0.2) is 12.2 Å². The maximum Gasteiger partial charge on any atom is 0.347 e. The SMILES string of the molecule is CCCCCCC(Oc1c2ccccc2c(OC(CCCCCC)C(=O)OCC)c2ccccc12)C(=O)OCC. The number of ether oxygens (including phenoxy) is 4. The number of benzene rings is 3. The van der Waals surface area contributed by atoms with Gasteiger partial charge in [-0.25, -0.2) is 9.59 Å². The smallest absolute Gasteiger partial charge is 0.347 e. The molecule has 40 heavy (non-hydrogen) atoms. The van der Waals surface area contributed by atoms with Crippen LogP contribution in [0.25, 0.3) is 21.5 Å². The van der Waals surface area contributed by atoms with Crippen molar-refractivity contribution in [3.05, 3.63) is 48.5 Å². The Morgan fingerprint density at radius 3 is 1.20 bits per heavy atom. The Morgan fingerprint density at radius 1 is 0.550 bits per heavy atom. The van der Waals surface area contributed by atoms with E-state index in [1.54, 1.807) is 0 Å².